The van der Waals surface area contributed by atoms with Crippen LogP contribution in [-0.2, 0) is 10.0 Å². The fourth-order valence-corrected chi connectivity index (χ4v) is 5.76. The summed E-state index contributed by atoms with van der Waals surface area (Å²) in [7, 11) is -3.60. The summed E-state index contributed by atoms with van der Waals surface area (Å²) in [6.07, 6.45) is 1.63. The van der Waals surface area contributed by atoms with Gasteiger partial charge in [-0.3, -0.25) is 9.78 Å². The largest absolute Gasteiger partial charge is 0.336 e. The molecule has 0 unspecified atom stereocenters. The highest BCUT2D eigenvalue weighted by Gasteiger charge is 2.31. The zero-order valence-corrected chi connectivity index (χ0v) is 17.4. The van der Waals surface area contributed by atoms with Gasteiger partial charge < -0.3 is 4.90 Å². The van der Waals surface area contributed by atoms with E-state index in [0.29, 0.717) is 23.1 Å². The summed E-state index contributed by atoms with van der Waals surface area (Å²) in [5.74, 6) is -0.100. The molecular weight excluding hydrogens is 442 g/mol. The molecule has 3 aromatic rings. The molecule has 0 radical (unpaired) electrons. The number of sulfonamides is 1. The van der Waals surface area contributed by atoms with E-state index in [9.17, 15) is 13.2 Å². The van der Waals surface area contributed by atoms with Crippen molar-refractivity contribution in [1.29, 1.82) is 0 Å². The molecule has 4 rings (SSSR count). The van der Waals surface area contributed by atoms with E-state index in [2.05, 4.69) is 20.9 Å². The van der Waals surface area contributed by atoms with Crippen LogP contribution in [0.15, 0.2) is 70.2 Å². The fraction of sp³-hybridized carbons (Fsp3) is 0.200. The molecule has 1 saturated heterocycles. The molecule has 0 bridgehead atoms. The summed E-state index contributed by atoms with van der Waals surface area (Å²) < 4.78 is 27.8. The number of hydrogen-bond donors (Lipinski definition) is 0. The number of hydrogen-bond acceptors (Lipinski definition) is 4. The first-order valence-corrected chi connectivity index (χ1v) is 11.1. The Labute approximate surface area is 172 Å². The third kappa shape index (κ3) is 3.43. The van der Waals surface area contributed by atoms with E-state index in [1.165, 1.54) is 4.31 Å². The summed E-state index contributed by atoms with van der Waals surface area (Å²) in [4.78, 5) is 19.3. The van der Waals surface area contributed by atoms with Gasteiger partial charge in [0.15, 0.2) is 0 Å². The van der Waals surface area contributed by atoms with Crippen molar-refractivity contribution in [2.45, 2.75) is 4.90 Å². The maximum Gasteiger partial charge on any atom is 0.254 e. The highest BCUT2D eigenvalue weighted by Crippen LogP contribution is 2.26. The van der Waals surface area contributed by atoms with Crippen molar-refractivity contribution < 1.29 is 13.2 Å². The Balaban J connectivity index is 1.53. The lowest BCUT2D eigenvalue weighted by Crippen LogP contribution is -2.50. The Morgan fingerprint density at radius 2 is 1.61 bits per heavy atom. The number of aromatic nitrogens is 1. The molecule has 1 aromatic heterocycles. The van der Waals surface area contributed by atoms with E-state index in [1.54, 1.807) is 41.4 Å². The molecular formula is C20H18BrN3O3S. The summed E-state index contributed by atoms with van der Waals surface area (Å²) in [6, 6.07) is 16.0. The van der Waals surface area contributed by atoms with E-state index in [1.807, 2.05) is 24.3 Å². The lowest BCUT2D eigenvalue weighted by Gasteiger charge is -2.34. The lowest BCUT2D eigenvalue weighted by molar-refractivity contribution is 0.0700. The number of pyridine rings is 1. The smallest absolute Gasteiger partial charge is 0.254 e. The van der Waals surface area contributed by atoms with Crippen LogP contribution >= 0.6 is 15.9 Å². The third-order valence-corrected chi connectivity index (χ3v) is 7.77. The van der Waals surface area contributed by atoms with Gasteiger partial charge >= 0.3 is 0 Å². The number of para-hydroxylation sites is 1. The Bertz CT molecular complexity index is 1140. The summed E-state index contributed by atoms with van der Waals surface area (Å²) >= 11 is 3.31. The van der Waals surface area contributed by atoms with Crippen LogP contribution in [0.5, 0.6) is 0 Å². The molecule has 0 N–H and O–H groups in total. The van der Waals surface area contributed by atoms with Crippen molar-refractivity contribution in [3.8, 4) is 0 Å². The number of fused-ring (bicyclic) bond motifs is 1. The Kier molecular flexibility index (Phi) is 5.18. The topological polar surface area (TPSA) is 70.6 Å². The highest BCUT2D eigenvalue weighted by atomic mass is 79.9. The van der Waals surface area contributed by atoms with Crippen LogP contribution in [0.1, 0.15) is 10.4 Å². The molecule has 2 aromatic carbocycles. The number of piperazine rings is 1. The standard InChI is InChI=1S/C20H18BrN3O3S/c21-17-6-2-4-8-19(17)28(26,27)24-13-11-23(12-14-24)20(25)16-9-10-22-18-7-3-1-5-15(16)18/h1-10H,11-14H2. The SMILES string of the molecule is O=C(c1ccnc2ccccc12)N1CCN(S(=O)(=O)c2ccccc2Br)CC1. The van der Waals surface area contributed by atoms with Crippen LogP contribution < -0.4 is 0 Å². The molecule has 1 fully saturated rings. The van der Waals surface area contributed by atoms with Crippen molar-refractivity contribution in [2.75, 3.05) is 26.2 Å². The monoisotopic (exact) mass is 459 g/mol. The number of amides is 1. The summed E-state index contributed by atoms with van der Waals surface area (Å²) in [5.41, 5.74) is 1.36. The first-order valence-electron chi connectivity index (χ1n) is 8.86. The molecule has 0 aliphatic carbocycles. The van der Waals surface area contributed by atoms with Gasteiger partial charge in [0.05, 0.1) is 16.0 Å². The van der Waals surface area contributed by atoms with Crippen LogP contribution in [-0.4, -0.2) is 54.7 Å². The van der Waals surface area contributed by atoms with Gasteiger partial charge in [0.2, 0.25) is 10.0 Å². The molecule has 8 heteroatoms. The molecule has 1 amide bonds. The minimum atomic E-state index is -3.60. The first kappa shape index (κ1) is 19.0. The first-order chi connectivity index (χ1) is 13.5. The number of carbonyl (C=O) groups is 1. The predicted molar refractivity (Wildman–Crippen MR) is 111 cm³/mol. The van der Waals surface area contributed by atoms with Crippen LogP contribution in [0.3, 0.4) is 0 Å². The number of benzene rings is 2. The highest BCUT2D eigenvalue weighted by molar-refractivity contribution is 9.10. The normalized spacial score (nSPS) is 15.7. The molecule has 0 atom stereocenters. The summed E-state index contributed by atoms with van der Waals surface area (Å²) in [5, 5.41) is 0.804. The second kappa shape index (κ2) is 7.62. The van der Waals surface area contributed by atoms with E-state index in [0.717, 1.165) is 10.9 Å². The summed E-state index contributed by atoms with van der Waals surface area (Å²) in [6.45, 7) is 1.22. The molecule has 6 nitrogen and oxygen atoms in total. The molecule has 1 aliphatic heterocycles. The average molecular weight is 460 g/mol. The van der Waals surface area contributed by atoms with Crippen molar-refractivity contribution in [3.63, 3.8) is 0 Å². The van der Waals surface area contributed by atoms with Gasteiger partial charge in [-0.2, -0.15) is 4.31 Å². The third-order valence-electron chi connectivity index (χ3n) is 4.86. The van der Waals surface area contributed by atoms with E-state index in [4.69, 9.17) is 0 Å². The zero-order chi connectivity index (χ0) is 19.7. The minimum Gasteiger partial charge on any atom is -0.336 e. The van der Waals surface area contributed by atoms with Gasteiger partial charge in [-0.15, -0.1) is 0 Å². The van der Waals surface area contributed by atoms with Crippen LogP contribution in [0.25, 0.3) is 10.9 Å². The number of rotatable bonds is 3. The zero-order valence-electron chi connectivity index (χ0n) is 15.0. The number of halogens is 1. The Morgan fingerprint density at radius 1 is 0.929 bits per heavy atom. The van der Waals surface area contributed by atoms with Crippen molar-refractivity contribution in [2.24, 2.45) is 0 Å². The van der Waals surface area contributed by atoms with Gasteiger partial charge in [0.25, 0.3) is 5.91 Å². The maximum atomic E-state index is 13.0. The second-order valence-electron chi connectivity index (χ2n) is 6.50. The molecule has 1 aliphatic rings. The van der Waals surface area contributed by atoms with Gasteiger partial charge in [-0.05, 0) is 40.2 Å². The average Bonchev–Trinajstić information content (AvgIpc) is 2.73. The molecule has 2 heterocycles. The van der Waals surface area contributed by atoms with Crippen molar-refractivity contribution >= 4 is 42.8 Å². The van der Waals surface area contributed by atoms with Crippen LogP contribution in [0, 0.1) is 0 Å². The molecule has 0 saturated carbocycles. The molecule has 0 spiro atoms. The van der Waals surface area contributed by atoms with E-state index in [-0.39, 0.29) is 23.9 Å². The van der Waals surface area contributed by atoms with Crippen molar-refractivity contribution in [3.05, 3.63) is 70.8 Å². The predicted octanol–water partition coefficient (Wildman–Crippen LogP) is 3.14. The van der Waals surface area contributed by atoms with Gasteiger partial charge in [0.1, 0.15) is 0 Å². The maximum absolute atomic E-state index is 13.0. The Hall–Kier alpha value is -2.29. The second-order valence-corrected chi connectivity index (χ2v) is 9.26. The lowest BCUT2D eigenvalue weighted by atomic mass is 10.1. The quantitative estimate of drug-likeness (QED) is 0.602. The number of nitrogens with zero attached hydrogens (tertiary/aromatic N) is 3. The Morgan fingerprint density at radius 3 is 2.36 bits per heavy atom. The van der Waals surface area contributed by atoms with Gasteiger partial charge in [-0.25, -0.2) is 8.42 Å². The molecule has 144 valence electrons. The van der Waals surface area contributed by atoms with Crippen LogP contribution in [0.4, 0.5) is 0 Å². The number of carbonyl (C=O) groups excluding carboxylic acids is 1. The molecule has 28 heavy (non-hydrogen) atoms. The van der Waals surface area contributed by atoms with Gasteiger partial charge in [-0.1, -0.05) is 30.3 Å². The minimum absolute atomic E-state index is 0.100. The van der Waals surface area contributed by atoms with E-state index < -0.39 is 10.0 Å². The van der Waals surface area contributed by atoms with Crippen LogP contribution in [0.2, 0.25) is 0 Å². The van der Waals surface area contributed by atoms with Gasteiger partial charge in [0, 0.05) is 42.2 Å². The fourth-order valence-electron chi connectivity index (χ4n) is 3.38. The van der Waals surface area contributed by atoms with Crippen molar-refractivity contribution in [1.82, 2.24) is 14.2 Å². The van der Waals surface area contributed by atoms with E-state index >= 15 is 0 Å².